The Hall–Kier alpha value is -3.00. The summed E-state index contributed by atoms with van der Waals surface area (Å²) < 4.78 is 13.0. The van der Waals surface area contributed by atoms with Crippen molar-refractivity contribution in [3.05, 3.63) is 58.9 Å². The molecule has 0 saturated heterocycles. The fourth-order valence-electron chi connectivity index (χ4n) is 3.01. The van der Waals surface area contributed by atoms with Gasteiger partial charge in [0.05, 0.1) is 12.9 Å². The molecule has 0 radical (unpaired) electrons. The van der Waals surface area contributed by atoms with Gasteiger partial charge in [0.1, 0.15) is 6.61 Å². The van der Waals surface area contributed by atoms with Crippen molar-refractivity contribution in [2.75, 3.05) is 18.2 Å². The second kappa shape index (κ2) is 9.67. The lowest BCUT2D eigenvalue weighted by molar-refractivity contribution is -0.113. The number of hydrogen-bond acceptors (Lipinski definition) is 6. The van der Waals surface area contributed by atoms with Gasteiger partial charge in [0.2, 0.25) is 5.91 Å². The zero-order chi connectivity index (χ0) is 21.7. The molecule has 0 fully saturated rings. The van der Waals surface area contributed by atoms with Gasteiger partial charge in [-0.3, -0.25) is 4.79 Å². The number of nitrogens with one attached hydrogen (secondary N) is 1. The van der Waals surface area contributed by atoms with E-state index >= 15 is 0 Å². The number of carbonyl (C=O) groups excluding carboxylic acids is 1. The van der Waals surface area contributed by atoms with Gasteiger partial charge in [-0.2, -0.15) is 0 Å². The highest BCUT2D eigenvalue weighted by atomic mass is 32.2. The van der Waals surface area contributed by atoms with E-state index in [-0.39, 0.29) is 18.3 Å². The summed E-state index contributed by atoms with van der Waals surface area (Å²) in [7, 11) is 3.47. The van der Waals surface area contributed by atoms with Crippen molar-refractivity contribution < 1.29 is 14.3 Å². The van der Waals surface area contributed by atoms with E-state index in [1.54, 1.807) is 7.11 Å². The molecule has 3 rings (SSSR count). The summed E-state index contributed by atoms with van der Waals surface area (Å²) in [5.41, 5.74) is 4.12. The van der Waals surface area contributed by atoms with Crippen molar-refractivity contribution >= 4 is 23.4 Å². The number of aryl methyl sites for hydroxylation is 3. The first kappa shape index (κ1) is 21.7. The van der Waals surface area contributed by atoms with Crippen LogP contribution in [0.3, 0.4) is 0 Å². The molecule has 0 unspecified atom stereocenters. The molecular formula is C22H26N4O3S. The first-order valence-electron chi connectivity index (χ1n) is 9.52. The van der Waals surface area contributed by atoms with E-state index in [1.165, 1.54) is 11.8 Å². The molecule has 0 aliphatic rings. The van der Waals surface area contributed by atoms with Crippen LogP contribution in [0.2, 0.25) is 0 Å². The first-order chi connectivity index (χ1) is 14.4. The zero-order valence-electron chi connectivity index (χ0n) is 17.9. The minimum Gasteiger partial charge on any atom is -0.493 e. The number of benzene rings is 2. The predicted molar refractivity (Wildman–Crippen MR) is 118 cm³/mol. The van der Waals surface area contributed by atoms with Crippen molar-refractivity contribution in [2.24, 2.45) is 7.05 Å². The van der Waals surface area contributed by atoms with Crippen molar-refractivity contribution in [1.29, 1.82) is 0 Å². The Morgan fingerprint density at radius 1 is 1.03 bits per heavy atom. The van der Waals surface area contributed by atoms with E-state index in [4.69, 9.17) is 9.47 Å². The lowest BCUT2D eigenvalue weighted by Crippen LogP contribution is -2.14. The maximum absolute atomic E-state index is 12.3. The molecule has 1 amide bonds. The number of rotatable bonds is 8. The molecular weight excluding hydrogens is 400 g/mol. The minimum atomic E-state index is -0.0878. The molecule has 30 heavy (non-hydrogen) atoms. The summed E-state index contributed by atoms with van der Waals surface area (Å²) in [5, 5.41) is 11.9. The lowest BCUT2D eigenvalue weighted by Gasteiger charge is -2.11. The topological polar surface area (TPSA) is 78.3 Å². The van der Waals surface area contributed by atoms with Gasteiger partial charge in [0.15, 0.2) is 22.5 Å². The molecule has 3 aromatic rings. The van der Waals surface area contributed by atoms with Crippen LogP contribution in [0.15, 0.2) is 41.6 Å². The van der Waals surface area contributed by atoms with Crippen LogP contribution in [0, 0.1) is 20.8 Å². The van der Waals surface area contributed by atoms with Gasteiger partial charge < -0.3 is 19.4 Å². The third-order valence-electron chi connectivity index (χ3n) is 4.44. The summed E-state index contributed by atoms with van der Waals surface area (Å²) in [4.78, 5) is 12.3. The van der Waals surface area contributed by atoms with E-state index in [1.807, 2.05) is 62.7 Å². The molecule has 0 aliphatic carbocycles. The number of anilines is 1. The summed E-state index contributed by atoms with van der Waals surface area (Å²) in [6, 6.07) is 11.7. The van der Waals surface area contributed by atoms with E-state index in [2.05, 4.69) is 21.6 Å². The Morgan fingerprint density at radius 3 is 2.47 bits per heavy atom. The van der Waals surface area contributed by atoms with Crippen LogP contribution in [0.25, 0.3) is 0 Å². The highest BCUT2D eigenvalue weighted by molar-refractivity contribution is 7.99. The molecule has 8 heteroatoms. The van der Waals surface area contributed by atoms with Crippen LogP contribution in [-0.4, -0.2) is 33.5 Å². The van der Waals surface area contributed by atoms with Crippen LogP contribution in [0.5, 0.6) is 11.5 Å². The minimum absolute atomic E-state index is 0.0878. The summed E-state index contributed by atoms with van der Waals surface area (Å²) in [5.74, 6) is 2.14. The number of carbonyl (C=O) groups is 1. The largest absolute Gasteiger partial charge is 0.493 e. The molecule has 0 aliphatic heterocycles. The van der Waals surface area contributed by atoms with Crippen LogP contribution in [0.1, 0.15) is 22.5 Å². The Balaban J connectivity index is 1.57. The fraction of sp³-hybridized carbons (Fsp3) is 0.318. The zero-order valence-corrected chi connectivity index (χ0v) is 18.7. The van der Waals surface area contributed by atoms with Crippen molar-refractivity contribution in [3.63, 3.8) is 0 Å². The second-order valence-corrected chi connectivity index (χ2v) is 8.06. The maximum atomic E-state index is 12.3. The summed E-state index contributed by atoms with van der Waals surface area (Å²) in [6.45, 7) is 6.26. The molecule has 0 atom stereocenters. The van der Waals surface area contributed by atoms with Crippen molar-refractivity contribution in [2.45, 2.75) is 32.5 Å². The Bertz CT molecular complexity index is 1030. The molecule has 1 heterocycles. The van der Waals surface area contributed by atoms with Crippen molar-refractivity contribution in [1.82, 2.24) is 14.8 Å². The lowest BCUT2D eigenvalue weighted by atomic mass is 10.1. The van der Waals surface area contributed by atoms with Crippen molar-refractivity contribution in [3.8, 4) is 11.5 Å². The molecule has 2 aromatic carbocycles. The average Bonchev–Trinajstić information content (AvgIpc) is 3.04. The highest BCUT2D eigenvalue weighted by Gasteiger charge is 2.13. The van der Waals surface area contributed by atoms with Gasteiger partial charge in [-0.1, -0.05) is 23.9 Å². The summed E-state index contributed by atoms with van der Waals surface area (Å²) in [6.07, 6.45) is 0. The second-order valence-electron chi connectivity index (χ2n) is 7.11. The van der Waals surface area contributed by atoms with Crippen LogP contribution >= 0.6 is 11.8 Å². The molecule has 1 N–H and O–H groups in total. The SMILES string of the molecule is COc1cc(C)ccc1OCc1nnc(SCC(=O)Nc2cc(C)cc(C)c2)n1C. The van der Waals surface area contributed by atoms with E-state index < -0.39 is 0 Å². The molecule has 158 valence electrons. The third kappa shape index (κ3) is 5.54. The number of nitrogens with zero attached hydrogens (tertiary/aromatic N) is 3. The third-order valence-corrected chi connectivity index (χ3v) is 5.46. The van der Waals surface area contributed by atoms with E-state index in [9.17, 15) is 4.79 Å². The number of amides is 1. The number of aromatic nitrogens is 3. The summed E-state index contributed by atoms with van der Waals surface area (Å²) >= 11 is 1.33. The smallest absolute Gasteiger partial charge is 0.234 e. The Kier molecular flexibility index (Phi) is 6.99. The number of thioether (sulfide) groups is 1. The fourth-order valence-corrected chi connectivity index (χ4v) is 3.74. The van der Waals surface area contributed by atoms with Gasteiger partial charge in [-0.15, -0.1) is 10.2 Å². The quantitative estimate of drug-likeness (QED) is 0.548. The monoisotopic (exact) mass is 426 g/mol. The van der Waals surface area contributed by atoms with Gasteiger partial charge >= 0.3 is 0 Å². The Labute approximate surface area is 180 Å². The number of hydrogen-bond donors (Lipinski definition) is 1. The van der Waals surface area contributed by atoms with Gasteiger partial charge in [0, 0.05) is 12.7 Å². The van der Waals surface area contributed by atoms with Crippen LogP contribution in [-0.2, 0) is 18.4 Å². The maximum Gasteiger partial charge on any atom is 0.234 e. The van der Waals surface area contributed by atoms with Gasteiger partial charge in [-0.25, -0.2) is 0 Å². The van der Waals surface area contributed by atoms with E-state index in [0.29, 0.717) is 22.5 Å². The van der Waals surface area contributed by atoms with Gasteiger partial charge in [0.25, 0.3) is 0 Å². The predicted octanol–water partition coefficient (Wildman–Crippen LogP) is 4.06. The van der Waals surface area contributed by atoms with E-state index in [0.717, 1.165) is 22.4 Å². The average molecular weight is 427 g/mol. The molecule has 1 aromatic heterocycles. The molecule has 0 spiro atoms. The molecule has 0 saturated carbocycles. The molecule has 0 bridgehead atoms. The Morgan fingerprint density at radius 2 is 1.77 bits per heavy atom. The molecule has 7 nitrogen and oxygen atoms in total. The normalized spacial score (nSPS) is 10.7. The number of ether oxygens (including phenoxy) is 2. The van der Waals surface area contributed by atoms with Gasteiger partial charge in [-0.05, 0) is 61.7 Å². The first-order valence-corrected chi connectivity index (χ1v) is 10.5. The number of methoxy groups -OCH3 is 1. The highest BCUT2D eigenvalue weighted by Crippen LogP contribution is 2.28. The van der Waals surface area contributed by atoms with Crippen LogP contribution < -0.4 is 14.8 Å². The van der Waals surface area contributed by atoms with Crippen LogP contribution in [0.4, 0.5) is 5.69 Å². The standard InChI is InChI=1S/C22H26N4O3S/c1-14-6-7-18(19(11-14)28-5)29-12-20-24-25-22(26(20)4)30-13-21(27)23-17-9-15(2)8-16(3)10-17/h6-11H,12-13H2,1-5H3,(H,23,27).